The number of methoxy groups -OCH3 is 1. The number of fused-ring (bicyclic) bond motifs is 2. The van der Waals surface area contributed by atoms with Crippen LogP contribution in [0.15, 0.2) is 66.7 Å². The topological polar surface area (TPSA) is 21.7 Å². The number of rotatable bonds is 2. The minimum absolute atomic E-state index is 0.621. The van der Waals surface area contributed by atoms with Gasteiger partial charge in [0.1, 0.15) is 5.75 Å². The normalized spacial score (nSPS) is 12.2. The quantitative estimate of drug-likeness (QED) is 0.456. The number of benzene rings is 3. The van der Waals surface area contributed by atoms with Crippen LogP contribution in [0.1, 0.15) is 0 Å². The summed E-state index contributed by atoms with van der Waals surface area (Å²) >= 11 is 6.51. The van der Waals surface area contributed by atoms with Gasteiger partial charge in [0, 0.05) is 6.07 Å². The Morgan fingerprint density at radius 2 is 1.43 bits per heavy atom. The lowest BCUT2D eigenvalue weighted by Crippen LogP contribution is -2.16. The number of hydrogen-bond donors (Lipinski definition) is 0. The maximum Gasteiger partial charge on any atom is 0.151 e. The highest BCUT2D eigenvalue weighted by Crippen LogP contribution is 2.51. The van der Waals surface area contributed by atoms with Crippen LogP contribution in [-0.2, 0) is 0 Å². The minimum atomic E-state index is 0.621. The highest BCUT2D eigenvalue weighted by molar-refractivity contribution is 6.33. The molecule has 4 heteroatoms. The molecule has 3 aromatic carbocycles. The first-order valence-corrected chi connectivity index (χ1v) is 7.65. The Morgan fingerprint density at radius 1 is 0.826 bits per heavy atom. The summed E-state index contributed by atoms with van der Waals surface area (Å²) in [7, 11) is 1.63. The molecule has 1 aliphatic rings. The Morgan fingerprint density at radius 3 is 2.00 bits per heavy atom. The summed E-state index contributed by atoms with van der Waals surface area (Å²) < 4.78 is 11.3. The van der Waals surface area contributed by atoms with Crippen LogP contribution in [0.3, 0.4) is 0 Å². The van der Waals surface area contributed by atoms with Gasteiger partial charge in [0.2, 0.25) is 0 Å². The summed E-state index contributed by atoms with van der Waals surface area (Å²) in [6.07, 6.45) is 0. The van der Waals surface area contributed by atoms with Crippen molar-refractivity contribution in [1.29, 1.82) is 0 Å². The Bertz CT molecular complexity index is 833. The fourth-order valence-electron chi connectivity index (χ4n) is 2.76. The summed E-state index contributed by atoms with van der Waals surface area (Å²) in [4.78, 5) is 2.11. The smallest absolute Gasteiger partial charge is 0.151 e. The van der Waals surface area contributed by atoms with Gasteiger partial charge in [-0.3, -0.25) is 0 Å². The summed E-state index contributed by atoms with van der Waals surface area (Å²) in [5, 5.41) is 0.621. The van der Waals surface area contributed by atoms with Crippen molar-refractivity contribution in [3.8, 4) is 17.2 Å². The molecule has 0 unspecified atom stereocenters. The lowest BCUT2D eigenvalue weighted by atomic mass is 10.1. The molecule has 0 atom stereocenters. The van der Waals surface area contributed by atoms with Gasteiger partial charge < -0.3 is 14.4 Å². The van der Waals surface area contributed by atoms with Gasteiger partial charge in [-0.2, -0.15) is 0 Å². The molecule has 0 aromatic heterocycles. The largest absolute Gasteiger partial charge is 0.497 e. The lowest BCUT2D eigenvalue weighted by Gasteiger charge is -2.33. The zero-order valence-electron chi connectivity index (χ0n) is 12.5. The fraction of sp³-hybridized carbons (Fsp3) is 0.0526. The van der Waals surface area contributed by atoms with E-state index in [0.29, 0.717) is 5.02 Å². The van der Waals surface area contributed by atoms with Crippen LogP contribution in [0.4, 0.5) is 17.1 Å². The van der Waals surface area contributed by atoms with Gasteiger partial charge in [0.05, 0.1) is 29.2 Å². The van der Waals surface area contributed by atoms with Crippen LogP contribution in [0.2, 0.25) is 5.02 Å². The number of nitrogens with zero attached hydrogens (tertiary/aromatic N) is 1. The van der Waals surface area contributed by atoms with E-state index in [0.717, 1.165) is 34.3 Å². The molecule has 0 fully saturated rings. The van der Waals surface area contributed by atoms with E-state index in [-0.39, 0.29) is 0 Å². The van der Waals surface area contributed by atoms with Crippen molar-refractivity contribution >= 4 is 28.7 Å². The van der Waals surface area contributed by atoms with Gasteiger partial charge in [0.25, 0.3) is 0 Å². The lowest BCUT2D eigenvalue weighted by molar-refractivity contribution is 0.415. The molecule has 0 radical (unpaired) electrons. The Balaban J connectivity index is 1.94. The van der Waals surface area contributed by atoms with E-state index >= 15 is 0 Å². The molecule has 1 heterocycles. The SMILES string of the molecule is COc1ccc(N2c3ccccc3Oc3ccccc32)c(Cl)c1. The third-order valence-corrected chi connectivity index (χ3v) is 4.13. The van der Waals surface area contributed by atoms with Crippen molar-refractivity contribution in [3.63, 3.8) is 0 Å². The van der Waals surface area contributed by atoms with Crippen molar-refractivity contribution < 1.29 is 9.47 Å². The molecule has 1 aliphatic heterocycles. The van der Waals surface area contributed by atoms with Crippen LogP contribution >= 0.6 is 11.6 Å². The second kappa shape index (κ2) is 5.52. The third kappa shape index (κ3) is 2.30. The maximum atomic E-state index is 6.51. The second-order valence-corrected chi connectivity index (χ2v) is 5.60. The summed E-state index contributed by atoms with van der Waals surface area (Å²) in [5.74, 6) is 2.34. The maximum absolute atomic E-state index is 6.51. The first kappa shape index (κ1) is 14.0. The zero-order valence-corrected chi connectivity index (χ0v) is 13.2. The molecule has 4 rings (SSSR count). The zero-order chi connectivity index (χ0) is 15.8. The van der Waals surface area contributed by atoms with Crippen molar-refractivity contribution in [1.82, 2.24) is 0 Å². The van der Waals surface area contributed by atoms with Gasteiger partial charge in [0.15, 0.2) is 11.5 Å². The van der Waals surface area contributed by atoms with Crippen LogP contribution in [0.25, 0.3) is 0 Å². The molecular weight excluding hydrogens is 310 g/mol. The molecule has 0 bridgehead atoms. The molecule has 0 saturated heterocycles. The van der Waals surface area contributed by atoms with Crippen molar-refractivity contribution in [2.75, 3.05) is 12.0 Å². The van der Waals surface area contributed by atoms with E-state index in [4.69, 9.17) is 21.1 Å². The first-order chi connectivity index (χ1) is 11.3. The Hall–Kier alpha value is -2.65. The van der Waals surface area contributed by atoms with E-state index < -0.39 is 0 Å². The van der Waals surface area contributed by atoms with Crippen LogP contribution in [0.5, 0.6) is 17.2 Å². The number of halogens is 1. The fourth-order valence-corrected chi connectivity index (χ4v) is 3.02. The molecule has 114 valence electrons. The van der Waals surface area contributed by atoms with Gasteiger partial charge in [-0.15, -0.1) is 0 Å². The molecular formula is C19H14ClNO2. The van der Waals surface area contributed by atoms with Gasteiger partial charge in [-0.05, 0) is 36.4 Å². The Labute approximate surface area is 139 Å². The van der Waals surface area contributed by atoms with E-state index in [1.54, 1.807) is 7.11 Å². The number of ether oxygens (including phenoxy) is 2. The average molecular weight is 324 g/mol. The summed E-state index contributed by atoms with van der Waals surface area (Å²) in [6, 6.07) is 21.5. The predicted octanol–water partition coefficient (Wildman–Crippen LogP) is 5.92. The number of para-hydroxylation sites is 4. The monoisotopic (exact) mass is 323 g/mol. The average Bonchev–Trinajstić information content (AvgIpc) is 2.60. The molecule has 0 saturated carbocycles. The van der Waals surface area contributed by atoms with Crippen LogP contribution in [0, 0.1) is 0 Å². The van der Waals surface area contributed by atoms with Gasteiger partial charge in [-0.1, -0.05) is 35.9 Å². The second-order valence-electron chi connectivity index (χ2n) is 5.19. The molecule has 0 amide bonds. The molecule has 0 spiro atoms. The highest BCUT2D eigenvalue weighted by atomic mass is 35.5. The van der Waals surface area contributed by atoms with E-state index in [1.165, 1.54) is 0 Å². The highest BCUT2D eigenvalue weighted by Gasteiger charge is 2.26. The van der Waals surface area contributed by atoms with Crippen LogP contribution < -0.4 is 14.4 Å². The molecule has 23 heavy (non-hydrogen) atoms. The molecule has 3 nitrogen and oxygen atoms in total. The van der Waals surface area contributed by atoms with Gasteiger partial charge >= 0.3 is 0 Å². The summed E-state index contributed by atoms with van der Waals surface area (Å²) in [6.45, 7) is 0. The van der Waals surface area contributed by atoms with E-state index in [9.17, 15) is 0 Å². The first-order valence-electron chi connectivity index (χ1n) is 7.27. The number of anilines is 3. The predicted molar refractivity (Wildman–Crippen MR) is 92.8 cm³/mol. The molecule has 3 aromatic rings. The molecule has 0 aliphatic carbocycles. The third-order valence-electron chi connectivity index (χ3n) is 3.83. The Kier molecular flexibility index (Phi) is 3.36. The summed E-state index contributed by atoms with van der Waals surface area (Å²) in [5.41, 5.74) is 2.80. The van der Waals surface area contributed by atoms with Crippen molar-refractivity contribution in [3.05, 3.63) is 71.8 Å². The van der Waals surface area contributed by atoms with Crippen molar-refractivity contribution in [2.24, 2.45) is 0 Å². The molecule has 0 N–H and O–H groups in total. The van der Waals surface area contributed by atoms with E-state index in [1.807, 2.05) is 66.7 Å². The number of hydrogen-bond acceptors (Lipinski definition) is 3. The van der Waals surface area contributed by atoms with Crippen LogP contribution in [-0.4, -0.2) is 7.11 Å². The van der Waals surface area contributed by atoms with E-state index in [2.05, 4.69) is 4.90 Å². The van der Waals surface area contributed by atoms with Gasteiger partial charge in [-0.25, -0.2) is 0 Å². The minimum Gasteiger partial charge on any atom is -0.497 e. The standard InChI is InChI=1S/C19H14ClNO2/c1-22-13-10-11-15(14(20)12-13)21-16-6-2-4-8-18(16)23-19-9-5-3-7-17(19)21/h2-12H,1H3. The van der Waals surface area contributed by atoms with Crippen molar-refractivity contribution in [2.45, 2.75) is 0 Å².